The molecule has 3 N–H and O–H groups in total. The molecule has 28 heavy (non-hydrogen) atoms. The smallest absolute Gasteiger partial charge is 0.238 e. The summed E-state index contributed by atoms with van der Waals surface area (Å²) in [5.74, 6) is 1.32. The molecule has 0 aliphatic heterocycles. The number of anilines is 1. The Bertz CT molecular complexity index is 916. The SMILES string of the molecule is CCOc1cc(C(C#N)=Cc2ccc(OC)c(NC(=O)CN)c2)ccc1OC. The third-order valence-electron chi connectivity index (χ3n) is 3.89. The normalized spacial score (nSPS) is 10.8. The third-order valence-corrected chi connectivity index (χ3v) is 3.89. The summed E-state index contributed by atoms with van der Waals surface area (Å²) in [5, 5.41) is 12.3. The number of ether oxygens (including phenoxy) is 3. The number of carbonyl (C=O) groups is 1. The van der Waals surface area contributed by atoms with Crippen molar-refractivity contribution in [2.45, 2.75) is 6.92 Å². The minimum Gasteiger partial charge on any atom is -0.495 e. The van der Waals surface area contributed by atoms with E-state index in [0.29, 0.717) is 40.7 Å². The van der Waals surface area contributed by atoms with Gasteiger partial charge in [-0.05, 0) is 54.5 Å². The monoisotopic (exact) mass is 381 g/mol. The van der Waals surface area contributed by atoms with Crippen LogP contribution in [0.25, 0.3) is 11.6 Å². The molecular weight excluding hydrogens is 358 g/mol. The van der Waals surface area contributed by atoms with Crippen molar-refractivity contribution in [3.8, 4) is 23.3 Å². The zero-order chi connectivity index (χ0) is 20.5. The molecule has 0 radical (unpaired) electrons. The lowest BCUT2D eigenvalue weighted by Gasteiger charge is -2.12. The molecule has 2 aromatic carbocycles. The Morgan fingerprint density at radius 1 is 1.14 bits per heavy atom. The predicted octanol–water partition coefficient (Wildman–Crippen LogP) is 3.06. The van der Waals surface area contributed by atoms with Gasteiger partial charge in [-0.3, -0.25) is 4.79 Å². The van der Waals surface area contributed by atoms with Crippen LogP contribution in [0.3, 0.4) is 0 Å². The maximum absolute atomic E-state index is 11.6. The molecular formula is C21H23N3O4. The fourth-order valence-corrected chi connectivity index (χ4v) is 2.57. The summed E-state index contributed by atoms with van der Waals surface area (Å²) in [6, 6.07) is 12.7. The van der Waals surface area contributed by atoms with Gasteiger partial charge >= 0.3 is 0 Å². The van der Waals surface area contributed by atoms with Gasteiger partial charge in [0.15, 0.2) is 11.5 Å². The fourth-order valence-electron chi connectivity index (χ4n) is 2.57. The van der Waals surface area contributed by atoms with Crippen LogP contribution >= 0.6 is 0 Å². The number of nitriles is 1. The Morgan fingerprint density at radius 2 is 1.86 bits per heavy atom. The van der Waals surface area contributed by atoms with E-state index in [9.17, 15) is 10.1 Å². The number of amides is 1. The van der Waals surface area contributed by atoms with E-state index < -0.39 is 0 Å². The van der Waals surface area contributed by atoms with Crippen LogP contribution in [0.4, 0.5) is 5.69 Å². The lowest BCUT2D eigenvalue weighted by Crippen LogP contribution is -2.22. The van der Waals surface area contributed by atoms with E-state index >= 15 is 0 Å². The highest BCUT2D eigenvalue weighted by Gasteiger charge is 2.11. The molecule has 2 aromatic rings. The molecule has 0 atom stereocenters. The summed E-state index contributed by atoms with van der Waals surface area (Å²) in [4.78, 5) is 11.6. The average Bonchev–Trinajstić information content (AvgIpc) is 2.72. The minimum absolute atomic E-state index is 0.140. The Labute approximate surface area is 164 Å². The van der Waals surface area contributed by atoms with Gasteiger partial charge in [0.05, 0.1) is 44.7 Å². The summed E-state index contributed by atoms with van der Waals surface area (Å²) < 4.78 is 16.1. The maximum atomic E-state index is 11.6. The number of benzene rings is 2. The van der Waals surface area contributed by atoms with E-state index in [4.69, 9.17) is 19.9 Å². The molecule has 0 saturated carbocycles. The molecule has 0 bridgehead atoms. The highest BCUT2D eigenvalue weighted by molar-refractivity contribution is 5.95. The Hall–Kier alpha value is -3.50. The first kappa shape index (κ1) is 20.8. The molecule has 0 spiro atoms. The summed E-state index contributed by atoms with van der Waals surface area (Å²) in [6.45, 7) is 2.22. The first-order valence-corrected chi connectivity index (χ1v) is 8.67. The van der Waals surface area contributed by atoms with Crippen LogP contribution in [0.5, 0.6) is 17.2 Å². The number of nitrogens with two attached hydrogens (primary N) is 1. The number of methoxy groups -OCH3 is 2. The van der Waals surface area contributed by atoms with Crippen LogP contribution in [0.2, 0.25) is 0 Å². The van der Waals surface area contributed by atoms with Gasteiger partial charge in [-0.25, -0.2) is 0 Å². The van der Waals surface area contributed by atoms with Crippen LogP contribution in [0.15, 0.2) is 36.4 Å². The molecule has 1 amide bonds. The largest absolute Gasteiger partial charge is 0.495 e. The second kappa shape index (κ2) is 10.00. The first-order chi connectivity index (χ1) is 13.6. The van der Waals surface area contributed by atoms with E-state index in [1.165, 1.54) is 7.11 Å². The number of hydrogen-bond donors (Lipinski definition) is 2. The zero-order valence-corrected chi connectivity index (χ0v) is 16.1. The molecule has 0 unspecified atom stereocenters. The van der Waals surface area contributed by atoms with Crippen LogP contribution in [-0.2, 0) is 4.79 Å². The van der Waals surface area contributed by atoms with E-state index in [2.05, 4.69) is 11.4 Å². The predicted molar refractivity (Wildman–Crippen MR) is 108 cm³/mol. The Balaban J connectivity index is 2.44. The number of nitrogens with zero attached hydrogens (tertiary/aromatic N) is 1. The van der Waals surface area contributed by atoms with Crippen LogP contribution in [0, 0.1) is 11.3 Å². The number of hydrogen-bond acceptors (Lipinski definition) is 6. The van der Waals surface area contributed by atoms with Gasteiger partial charge in [0.1, 0.15) is 5.75 Å². The average molecular weight is 381 g/mol. The summed E-state index contributed by atoms with van der Waals surface area (Å²) >= 11 is 0. The van der Waals surface area contributed by atoms with E-state index in [-0.39, 0.29) is 12.5 Å². The molecule has 7 heteroatoms. The molecule has 0 saturated heterocycles. The number of allylic oxidation sites excluding steroid dienone is 1. The van der Waals surface area contributed by atoms with Gasteiger partial charge < -0.3 is 25.3 Å². The quantitative estimate of drug-likeness (QED) is 0.538. The Morgan fingerprint density at radius 3 is 2.46 bits per heavy atom. The maximum Gasteiger partial charge on any atom is 0.238 e. The van der Waals surface area contributed by atoms with Crippen molar-refractivity contribution in [2.24, 2.45) is 5.73 Å². The summed E-state index contributed by atoms with van der Waals surface area (Å²) in [7, 11) is 3.07. The fraction of sp³-hybridized carbons (Fsp3) is 0.238. The summed E-state index contributed by atoms with van der Waals surface area (Å²) in [6.07, 6.45) is 1.72. The van der Waals surface area contributed by atoms with Crippen LogP contribution in [0.1, 0.15) is 18.1 Å². The second-order valence-corrected chi connectivity index (χ2v) is 5.68. The van der Waals surface area contributed by atoms with Gasteiger partial charge in [-0.1, -0.05) is 6.07 Å². The molecule has 0 aliphatic carbocycles. The van der Waals surface area contributed by atoms with Crippen LogP contribution < -0.4 is 25.3 Å². The van der Waals surface area contributed by atoms with E-state index in [0.717, 1.165) is 5.56 Å². The van der Waals surface area contributed by atoms with Crippen molar-refractivity contribution in [3.63, 3.8) is 0 Å². The highest BCUT2D eigenvalue weighted by atomic mass is 16.5. The molecule has 2 rings (SSSR count). The molecule has 0 fully saturated rings. The van der Waals surface area contributed by atoms with Gasteiger partial charge in [0.2, 0.25) is 5.91 Å². The van der Waals surface area contributed by atoms with Gasteiger partial charge in [-0.2, -0.15) is 5.26 Å². The third kappa shape index (κ3) is 5.02. The molecule has 146 valence electrons. The van der Waals surface area contributed by atoms with E-state index in [1.807, 2.05) is 6.92 Å². The first-order valence-electron chi connectivity index (χ1n) is 8.67. The van der Waals surface area contributed by atoms with Gasteiger partial charge in [-0.15, -0.1) is 0 Å². The molecule has 0 heterocycles. The van der Waals surface area contributed by atoms with E-state index in [1.54, 1.807) is 49.6 Å². The van der Waals surface area contributed by atoms with Crippen LogP contribution in [-0.4, -0.2) is 33.3 Å². The number of rotatable bonds is 8. The van der Waals surface area contributed by atoms with Crippen molar-refractivity contribution in [2.75, 3.05) is 32.7 Å². The molecule has 0 aromatic heterocycles. The van der Waals surface area contributed by atoms with Crippen molar-refractivity contribution in [1.82, 2.24) is 0 Å². The topological polar surface area (TPSA) is 107 Å². The lowest BCUT2D eigenvalue weighted by molar-refractivity contribution is -0.114. The van der Waals surface area contributed by atoms with Crippen molar-refractivity contribution in [3.05, 3.63) is 47.5 Å². The van der Waals surface area contributed by atoms with Gasteiger partial charge in [0.25, 0.3) is 0 Å². The second-order valence-electron chi connectivity index (χ2n) is 5.68. The minimum atomic E-state index is -0.337. The standard InChI is InChI=1S/C21H23N3O4/c1-4-28-20-11-15(6-8-19(20)27-3)16(12-22)9-14-5-7-18(26-2)17(10-14)24-21(25)13-23/h5-11H,4,13,23H2,1-3H3,(H,24,25). The zero-order valence-electron chi connectivity index (χ0n) is 16.1. The van der Waals surface area contributed by atoms with Crippen molar-refractivity contribution >= 4 is 23.2 Å². The molecule has 0 aliphatic rings. The highest BCUT2D eigenvalue weighted by Crippen LogP contribution is 2.32. The lowest BCUT2D eigenvalue weighted by atomic mass is 10.0. The number of nitrogens with one attached hydrogen (secondary N) is 1. The number of carbonyl (C=O) groups excluding carboxylic acids is 1. The van der Waals surface area contributed by atoms with Crippen molar-refractivity contribution < 1.29 is 19.0 Å². The van der Waals surface area contributed by atoms with Gasteiger partial charge in [0, 0.05) is 0 Å². The summed E-state index contributed by atoms with van der Waals surface area (Å²) in [5.41, 5.74) is 7.69. The van der Waals surface area contributed by atoms with Crippen molar-refractivity contribution in [1.29, 1.82) is 5.26 Å². The Kier molecular flexibility index (Phi) is 7.43. The molecule has 7 nitrogen and oxygen atoms in total.